The summed E-state index contributed by atoms with van der Waals surface area (Å²) in [5.41, 5.74) is 1.21. The SMILES string of the molecule is CC1(C)CCN2CCC(C)(C)c3c2c1cc1c(C(F)(F)F)cc(=O)oc31.CC=Nc1c(S)c2ccccc2c2ccccc12. The number of aliphatic imine (C=N–C) groups is 1. The Hall–Kier alpha value is -3.78. The zero-order chi connectivity index (χ0) is 31.6. The fraction of sp³-hybridized carbons (Fsp3) is 0.333. The lowest BCUT2D eigenvalue weighted by Gasteiger charge is -2.48. The molecule has 0 spiro atoms. The van der Waals surface area contributed by atoms with Crippen LogP contribution in [0.2, 0.25) is 0 Å². The molecule has 2 aliphatic heterocycles. The summed E-state index contributed by atoms with van der Waals surface area (Å²) >= 11 is 4.66. The number of fused-ring (bicyclic) bond motifs is 5. The molecule has 3 heterocycles. The Bertz CT molecular complexity index is 2020. The Labute approximate surface area is 260 Å². The number of hydrogen-bond acceptors (Lipinski definition) is 5. The molecule has 0 radical (unpaired) electrons. The predicted molar refractivity (Wildman–Crippen MR) is 178 cm³/mol. The number of rotatable bonds is 1. The molecule has 0 fully saturated rings. The Balaban J connectivity index is 0.000000167. The van der Waals surface area contributed by atoms with Gasteiger partial charge in [-0.3, -0.25) is 4.99 Å². The molecule has 0 saturated heterocycles. The van der Waals surface area contributed by atoms with Crippen molar-refractivity contribution in [2.45, 2.75) is 69.4 Å². The second-order valence-corrected chi connectivity index (χ2v) is 13.4. The molecule has 44 heavy (non-hydrogen) atoms. The van der Waals surface area contributed by atoms with Crippen molar-refractivity contribution in [1.29, 1.82) is 0 Å². The first kappa shape index (κ1) is 30.3. The molecule has 7 rings (SSSR count). The molecule has 2 aliphatic rings. The number of halogens is 3. The maximum atomic E-state index is 13.7. The topological polar surface area (TPSA) is 45.8 Å². The van der Waals surface area contributed by atoms with Crippen LogP contribution in [0.4, 0.5) is 24.5 Å². The van der Waals surface area contributed by atoms with E-state index in [2.05, 4.69) is 72.8 Å². The number of alkyl halides is 3. The van der Waals surface area contributed by atoms with Gasteiger partial charge < -0.3 is 9.32 Å². The van der Waals surface area contributed by atoms with Gasteiger partial charge in [-0.25, -0.2) is 4.79 Å². The van der Waals surface area contributed by atoms with Crippen LogP contribution in [0.15, 0.2) is 79.8 Å². The fourth-order valence-corrected chi connectivity index (χ4v) is 7.15. The lowest BCUT2D eigenvalue weighted by molar-refractivity contribution is -0.136. The van der Waals surface area contributed by atoms with Crippen molar-refractivity contribution in [2.75, 3.05) is 18.0 Å². The van der Waals surface area contributed by atoms with Gasteiger partial charge in [0.15, 0.2) is 0 Å². The van der Waals surface area contributed by atoms with Gasteiger partial charge in [-0.05, 0) is 58.4 Å². The van der Waals surface area contributed by atoms with Gasteiger partial charge in [0.2, 0.25) is 0 Å². The van der Waals surface area contributed by atoms with Crippen molar-refractivity contribution in [3.63, 3.8) is 0 Å². The number of benzene rings is 4. The summed E-state index contributed by atoms with van der Waals surface area (Å²) < 4.78 is 46.3. The largest absolute Gasteiger partial charge is 0.422 e. The van der Waals surface area contributed by atoms with E-state index in [4.69, 9.17) is 4.42 Å². The molecule has 0 N–H and O–H groups in total. The van der Waals surface area contributed by atoms with Crippen molar-refractivity contribution in [2.24, 2.45) is 4.99 Å². The van der Waals surface area contributed by atoms with E-state index >= 15 is 0 Å². The maximum Gasteiger partial charge on any atom is 0.417 e. The van der Waals surface area contributed by atoms with Crippen LogP contribution in [0, 0.1) is 0 Å². The molecule has 228 valence electrons. The highest BCUT2D eigenvalue weighted by Crippen LogP contribution is 2.52. The minimum Gasteiger partial charge on any atom is -0.422 e. The molecule has 0 amide bonds. The lowest BCUT2D eigenvalue weighted by Crippen LogP contribution is -2.44. The van der Waals surface area contributed by atoms with Crippen LogP contribution in [0.1, 0.15) is 64.2 Å². The molecule has 4 aromatic carbocycles. The smallest absolute Gasteiger partial charge is 0.417 e. The average molecular weight is 617 g/mol. The third-order valence-electron chi connectivity index (χ3n) is 9.19. The summed E-state index contributed by atoms with van der Waals surface area (Å²) in [4.78, 5) is 19.6. The highest BCUT2D eigenvalue weighted by atomic mass is 32.1. The molecule has 0 bridgehead atoms. The predicted octanol–water partition coefficient (Wildman–Crippen LogP) is 9.98. The summed E-state index contributed by atoms with van der Waals surface area (Å²) in [5.74, 6) is 0. The molecule has 5 aromatic rings. The first-order chi connectivity index (χ1) is 20.7. The van der Waals surface area contributed by atoms with Crippen molar-refractivity contribution >= 4 is 62.7 Å². The maximum absolute atomic E-state index is 13.7. The molecule has 0 saturated carbocycles. The number of nitrogens with zero attached hydrogens (tertiary/aromatic N) is 2. The lowest BCUT2D eigenvalue weighted by atomic mass is 9.69. The highest BCUT2D eigenvalue weighted by molar-refractivity contribution is 7.80. The van der Waals surface area contributed by atoms with Gasteiger partial charge in [-0.15, -0.1) is 12.6 Å². The Kier molecular flexibility index (Phi) is 7.35. The van der Waals surface area contributed by atoms with Crippen LogP contribution < -0.4 is 10.5 Å². The Morgan fingerprint density at radius 3 is 2.05 bits per heavy atom. The second-order valence-electron chi connectivity index (χ2n) is 12.9. The van der Waals surface area contributed by atoms with Crippen molar-refractivity contribution in [3.8, 4) is 0 Å². The van der Waals surface area contributed by atoms with Crippen molar-refractivity contribution in [1.82, 2.24) is 0 Å². The zero-order valence-electron chi connectivity index (χ0n) is 25.5. The number of hydrogen-bond donors (Lipinski definition) is 1. The highest BCUT2D eigenvalue weighted by Gasteiger charge is 2.44. The van der Waals surface area contributed by atoms with Gasteiger partial charge in [-0.1, -0.05) is 76.2 Å². The van der Waals surface area contributed by atoms with Gasteiger partial charge in [0.25, 0.3) is 0 Å². The van der Waals surface area contributed by atoms with Crippen LogP contribution >= 0.6 is 12.6 Å². The third-order valence-corrected chi connectivity index (χ3v) is 9.64. The summed E-state index contributed by atoms with van der Waals surface area (Å²) in [6.45, 7) is 11.8. The van der Waals surface area contributed by atoms with Gasteiger partial charge in [0.05, 0.1) is 11.3 Å². The van der Waals surface area contributed by atoms with Crippen LogP contribution in [0.25, 0.3) is 32.5 Å². The molecule has 0 aliphatic carbocycles. The van der Waals surface area contributed by atoms with Gasteiger partial charge >= 0.3 is 11.8 Å². The quantitative estimate of drug-likeness (QED) is 0.0883. The van der Waals surface area contributed by atoms with Gasteiger partial charge in [0.1, 0.15) is 5.58 Å². The zero-order valence-corrected chi connectivity index (χ0v) is 26.4. The average Bonchev–Trinajstić information content (AvgIpc) is 2.97. The molecule has 4 nitrogen and oxygen atoms in total. The van der Waals surface area contributed by atoms with E-state index < -0.39 is 17.4 Å². The summed E-state index contributed by atoms with van der Waals surface area (Å²) in [5, 5.41) is 4.76. The van der Waals surface area contributed by atoms with E-state index in [0.717, 1.165) is 64.1 Å². The summed E-state index contributed by atoms with van der Waals surface area (Å²) in [6.07, 6.45) is -1.11. The molecule has 8 heteroatoms. The standard InChI is InChI=1S/C20H22F3NO2.C16H13NS/c1-18(2)5-7-24-8-6-19(3,4)15-16(24)13(18)9-11-12(20(21,22)23)10-14(25)26-17(11)15;1-2-17-15-13-9-5-3-7-11(13)12-8-4-6-10-14(12)16(15)18/h9-10H,5-8H2,1-4H3;2-10,18H,1H3. The first-order valence-corrected chi connectivity index (χ1v) is 15.3. The first-order valence-electron chi connectivity index (χ1n) is 14.8. The molecular formula is C36H35F3N2O2S. The third kappa shape index (κ3) is 4.97. The summed E-state index contributed by atoms with van der Waals surface area (Å²) in [6, 6.07) is 18.9. The van der Waals surface area contributed by atoms with E-state index in [1.54, 1.807) is 6.07 Å². The van der Waals surface area contributed by atoms with E-state index in [1.165, 1.54) is 10.8 Å². The van der Waals surface area contributed by atoms with Gasteiger partial charge in [0, 0.05) is 52.3 Å². The second kappa shape index (κ2) is 10.7. The van der Waals surface area contributed by atoms with E-state index in [-0.39, 0.29) is 21.8 Å². The van der Waals surface area contributed by atoms with Crippen LogP contribution in [-0.2, 0) is 17.0 Å². The number of thiol groups is 1. The molecular weight excluding hydrogens is 581 g/mol. The van der Waals surface area contributed by atoms with Crippen LogP contribution in [0.3, 0.4) is 0 Å². The van der Waals surface area contributed by atoms with Gasteiger partial charge in [-0.2, -0.15) is 13.2 Å². The Morgan fingerprint density at radius 2 is 1.43 bits per heavy atom. The molecule has 0 atom stereocenters. The van der Waals surface area contributed by atoms with Crippen LogP contribution in [-0.4, -0.2) is 19.3 Å². The fourth-order valence-electron chi connectivity index (χ4n) is 6.78. The monoisotopic (exact) mass is 616 g/mol. The minimum atomic E-state index is -4.60. The number of anilines is 1. The minimum absolute atomic E-state index is 0.00394. The molecule has 0 unspecified atom stereocenters. The normalized spacial score (nSPS) is 17.2. The van der Waals surface area contributed by atoms with E-state index in [1.807, 2.05) is 39.1 Å². The molecule has 1 aromatic heterocycles. The summed E-state index contributed by atoms with van der Waals surface area (Å²) in [7, 11) is 0. The van der Waals surface area contributed by atoms with Crippen molar-refractivity contribution < 1.29 is 17.6 Å². The van der Waals surface area contributed by atoms with E-state index in [9.17, 15) is 18.0 Å². The van der Waals surface area contributed by atoms with Crippen molar-refractivity contribution in [3.05, 3.63) is 87.8 Å². The van der Waals surface area contributed by atoms with E-state index in [0.29, 0.717) is 6.07 Å². The Morgan fingerprint density at radius 1 is 0.864 bits per heavy atom. The van der Waals surface area contributed by atoms with Crippen LogP contribution in [0.5, 0.6) is 0 Å².